The van der Waals surface area contributed by atoms with E-state index < -0.39 is 0 Å². The van der Waals surface area contributed by atoms with Crippen LogP contribution in [0.5, 0.6) is 0 Å². The van der Waals surface area contributed by atoms with Crippen LogP contribution >= 0.6 is 0 Å². The van der Waals surface area contributed by atoms with Crippen LogP contribution in [0.25, 0.3) is 0 Å². The van der Waals surface area contributed by atoms with Gasteiger partial charge >= 0.3 is 0 Å². The van der Waals surface area contributed by atoms with Crippen LogP contribution in [0.15, 0.2) is 18.2 Å². The summed E-state index contributed by atoms with van der Waals surface area (Å²) in [6.45, 7) is 2.72. The summed E-state index contributed by atoms with van der Waals surface area (Å²) in [5, 5.41) is 0. The van der Waals surface area contributed by atoms with Crippen molar-refractivity contribution in [3.8, 4) is 0 Å². The van der Waals surface area contributed by atoms with Crippen molar-refractivity contribution >= 4 is 0 Å². The minimum atomic E-state index is -0.238. The number of hydrogen-bond acceptors (Lipinski definition) is 3. The van der Waals surface area contributed by atoms with Crippen LogP contribution in [0.1, 0.15) is 17.5 Å². The number of nitrogens with two attached hydrogens (primary N) is 1. The molecular formula is C13H18FNO2. The Morgan fingerprint density at radius 3 is 2.94 bits per heavy atom. The molecular weight excluding hydrogens is 221 g/mol. The molecule has 94 valence electrons. The Bertz CT molecular complexity index is 364. The van der Waals surface area contributed by atoms with E-state index in [9.17, 15) is 4.39 Å². The van der Waals surface area contributed by atoms with E-state index in [0.717, 1.165) is 19.6 Å². The molecule has 1 unspecified atom stereocenters. The van der Waals surface area contributed by atoms with E-state index in [2.05, 4.69) is 0 Å². The monoisotopic (exact) mass is 239 g/mol. The number of rotatable bonds is 5. The largest absolute Gasteiger partial charge is 0.381 e. The van der Waals surface area contributed by atoms with Crippen molar-refractivity contribution in [3.05, 3.63) is 35.1 Å². The average Bonchev–Trinajstić information content (AvgIpc) is 2.84. The fraction of sp³-hybridized carbons (Fsp3) is 0.538. The molecule has 1 saturated heterocycles. The molecule has 4 heteroatoms. The highest BCUT2D eigenvalue weighted by molar-refractivity contribution is 5.25. The van der Waals surface area contributed by atoms with Crippen LogP contribution in [0.4, 0.5) is 4.39 Å². The molecule has 0 aliphatic carbocycles. The third kappa shape index (κ3) is 3.25. The van der Waals surface area contributed by atoms with Gasteiger partial charge in [-0.2, -0.15) is 0 Å². The third-order valence-electron chi connectivity index (χ3n) is 3.01. The second kappa shape index (κ2) is 6.10. The zero-order valence-corrected chi connectivity index (χ0v) is 9.82. The normalized spacial score (nSPS) is 19.8. The first-order chi connectivity index (χ1) is 8.31. The summed E-state index contributed by atoms with van der Waals surface area (Å²) < 4.78 is 24.6. The molecule has 0 radical (unpaired) electrons. The van der Waals surface area contributed by atoms with Gasteiger partial charge < -0.3 is 15.2 Å². The maximum absolute atomic E-state index is 13.8. The SMILES string of the molecule is NCc1cccc(COCC2CCOC2)c1F. The molecule has 0 aromatic heterocycles. The molecule has 2 rings (SSSR count). The molecule has 1 aromatic rings. The molecule has 1 fully saturated rings. The lowest BCUT2D eigenvalue weighted by molar-refractivity contribution is 0.0775. The molecule has 0 bridgehead atoms. The van der Waals surface area contributed by atoms with Gasteiger partial charge in [0.05, 0.1) is 19.8 Å². The zero-order chi connectivity index (χ0) is 12.1. The Hall–Kier alpha value is -0.970. The number of benzene rings is 1. The fourth-order valence-corrected chi connectivity index (χ4v) is 1.95. The topological polar surface area (TPSA) is 44.5 Å². The molecule has 0 amide bonds. The van der Waals surface area contributed by atoms with E-state index in [1.54, 1.807) is 12.1 Å². The van der Waals surface area contributed by atoms with Crippen molar-refractivity contribution in [2.75, 3.05) is 19.8 Å². The molecule has 3 nitrogen and oxygen atoms in total. The van der Waals surface area contributed by atoms with Crippen molar-refractivity contribution in [1.82, 2.24) is 0 Å². The quantitative estimate of drug-likeness (QED) is 0.852. The second-order valence-corrected chi connectivity index (χ2v) is 4.34. The Kier molecular flexibility index (Phi) is 4.48. The standard InChI is InChI=1S/C13H18FNO2/c14-13-11(6-15)2-1-3-12(13)9-17-8-10-4-5-16-7-10/h1-3,10H,4-9,15H2. The molecule has 17 heavy (non-hydrogen) atoms. The summed E-state index contributed by atoms with van der Waals surface area (Å²) >= 11 is 0. The van der Waals surface area contributed by atoms with Crippen LogP contribution < -0.4 is 5.73 Å². The summed E-state index contributed by atoms with van der Waals surface area (Å²) in [4.78, 5) is 0. The lowest BCUT2D eigenvalue weighted by atomic mass is 10.1. The van der Waals surface area contributed by atoms with Gasteiger partial charge in [0.1, 0.15) is 5.82 Å². The molecule has 1 aliphatic rings. The van der Waals surface area contributed by atoms with Crippen molar-refractivity contribution in [1.29, 1.82) is 0 Å². The second-order valence-electron chi connectivity index (χ2n) is 4.34. The molecule has 1 aromatic carbocycles. The number of halogens is 1. The van der Waals surface area contributed by atoms with Crippen molar-refractivity contribution in [2.24, 2.45) is 11.7 Å². The summed E-state index contributed by atoms with van der Waals surface area (Å²) in [5.74, 6) is 0.216. The predicted molar refractivity (Wildman–Crippen MR) is 62.9 cm³/mol. The van der Waals surface area contributed by atoms with E-state index in [0.29, 0.717) is 30.3 Å². The van der Waals surface area contributed by atoms with E-state index in [1.165, 1.54) is 0 Å². The van der Waals surface area contributed by atoms with Crippen molar-refractivity contribution < 1.29 is 13.9 Å². The molecule has 0 spiro atoms. The molecule has 1 aliphatic heterocycles. The van der Waals surface area contributed by atoms with Gasteiger partial charge in [-0.3, -0.25) is 0 Å². The third-order valence-corrected chi connectivity index (χ3v) is 3.01. The molecule has 2 N–H and O–H groups in total. The van der Waals surface area contributed by atoms with E-state index in [4.69, 9.17) is 15.2 Å². The Morgan fingerprint density at radius 2 is 2.24 bits per heavy atom. The highest BCUT2D eigenvalue weighted by atomic mass is 19.1. The average molecular weight is 239 g/mol. The van der Waals surface area contributed by atoms with Gasteiger partial charge in [0.2, 0.25) is 0 Å². The van der Waals surface area contributed by atoms with Crippen LogP contribution in [0, 0.1) is 11.7 Å². The Morgan fingerprint density at radius 1 is 1.41 bits per heavy atom. The van der Waals surface area contributed by atoms with Gasteiger partial charge in [0, 0.05) is 30.2 Å². The summed E-state index contributed by atoms with van der Waals surface area (Å²) in [5.41, 5.74) is 6.56. The van der Waals surface area contributed by atoms with Crippen LogP contribution in [0.3, 0.4) is 0 Å². The van der Waals surface area contributed by atoms with Crippen LogP contribution in [0.2, 0.25) is 0 Å². The summed E-state index contributed by atoms with van der Waals surface area (Å²) in [7, 11) is 0. The summed E-state index contributed by atoms with van der Waals surface area (Å²) in [6.07, 6.45) is 1.03. The highest BCUT2D eigenvalue weighted by Gasteiger charge is 2.16. The van der Waals surface area contributed by atoms with Gasteiger partial charge in [0.25, 0.3) is 0 Å². The smallest absolute Gasteiger partial charge is 0.133 e. The molecule has 1 heterocycles. The van der Waals surface area contributed by atoms with Gasteiger partial charge in [0.15, 0.2) is 0 Å². The van der Waals surface area contributed by atoms with E-state index >= 15 is 0 Å². The summed E-state index contributed by atoms with van der Waals surface area (Å²) in [6, 6.07) is 5.24. The van der Waals surface area contributed by atoms with Crippen LogP contribution in [-0.2, 0) is 22.6 Å². The molecule has 1 atom stereocenters. The van der Waals surface area contributed by atoms with Crippen molar-refractivity contribution in [3.63, 3.8) is 0 Å². The van der Waals surface area contributed by atoms with Gasteiger partial charge in [-0.05, 0) is 6.42 Å². The van der Waals surface area contributed by atoms with E-state index in [1.807, 2.05) is 6.07 Å². The maximum Gasteiger partial charge on any atom is 0.133 e. The first kappa shape index (κ1) is 12.5. The van der Waals surface area contributed by atoms with Gasteiger partial charge in [-0.25, -0.2) is 4.39 Å². The predicted octanol–water partition coefficient (Wildman–Crippen LogP) is 1.84. The van der Waals surface area contributed by atoms with Crippen LogP contribution in [-0.4, -0.2) is 19.8 Å². The van der Waals surface area contributed by atoms with Crippen molar-refractivity contribution in [2.45, 2.75) is 19.6 Å². The zero-order valence-electron chi connectivity index (χ0n) is 9.82. The first-order valence-electron chi connectivity index (χ1n) is 5.93. The lowest BCUT2D eigenvalue weighted by Gasteiger charge is -2.10. The minimum absolute atomic E-state index is 0.218. The van der Waals surface area contributed by atoms with E-state index in [-0.39, 0.29) is 12.4 Å². The van der Waals surface area contributed by atoms with Gasteiger partial charge in [-0.1, -0.05) is 18.2 Å². The highest BCUT2D eigenvalue weighted by Crippen LogP contribution is 2.16. The number of hydrogen-bond donors (Lipinski definition) is 1. The fourth-order valence-electron chi connectivity index (χ4n) is 1.95. The Balaban J connectivity index is 1.85. The number of ether oxygens (including phenoxy) is 2. The van der Waals surface area contributed by atoms with Gasteiger partial charge in [-0.15, -0.1) is 0 Å². The lowest BCUT2D eigenvalue weighted by Crippen LogP contribution is -2.10. The first-order valence-corrected chi connectivity index (χ1v) is 5.93. The Labute approximate surface area is 101 Å². The minimum Gasteiger partial charge on any atom is -0.381 e. The molecule has 0 saturated carbocycles. The maximum atomic E-state index is 13.8.